The molecule has 5 nitrogen and oxygen atoms in total. The Morgan fingerprint density at radius 1 is 1.31 bits per heavy atom. The zero-order chi connectivity index (χ0) is 12.6. The number of hydrogen-bond acceptors (Lipinski definition) is 3. The minimum absolute atomic E-state index is 0.0645. The molecule has 0 radical (unpaired) electrons. The number of amides is 1. The van der Waals surface area contributed by atoms with Crippen molar-refractivity contribution in [2.24, 2.45) is 11.1 Å². The summed E-state index contributed by atoms with van der Waals surface area (Å²) in [4.78, 5) is 22.1. The highest BCUT2D eigenvalue weighted by Gasteiger charge is 2.32. The minimum atomic E-state index is -0.842. The van der Waals surface area contributed by atoms with Gasteiger partial charge in [0.15, 0.2) is 0 Å². The van der Waals surface area contributed by atoms with Crippen LogP contribution in [0.3, 0.4) is 0 Å². The number of rotatable bonds is 8. The molecule has 0 aliphatic heterocycles. The Hall–Kier alpha value is -1.10. The average molecular weight is 230 g/mol. The maximum absolute atomic E-state index is 11.9. The van der Waals surface area contributed by atoms with Crippen molar-refractivity contribution in [1.29, 1.82) is 0 Å². The molecule has 0 aliphatic carbocycles. The number of hydrogen-bond donors (Lipinski definition) is 3. The zero-order valence-electron chi connectivity index (χ0n) is 10.1. The minimum Gasteiger partial charge on any atom is -0.481 e. The molecular formula is C11H22N2O3. The van der Waals surface area contributed by atoms with Crippen LogP contribution in [0.2, 0.25) is 0 Å². The quantitative estimate of drug-likeness (QED) is 0.536. The summed E-state index contributed by atoms with van der Waals surface area (Å²) >= 11 is 0. The number of carboxylic acids is 1. The Balaban J connectivity index is 4.07. The van der Waals surface area contributed by atoms with Gasteiger partial charge in [-0.05, 0) is 19.3 Å². The van der Waals surface area contributed by atoms with E-state index in [1.807, 2.05) is 13.8 Å². The van der Waals surface area contributed by atoms with Gasteiger partial charge in [-0.1, -0.05) is 13.8 Å². The van der Waals surface area contributed by atoms with E-state index in [-0.39, 0.29) is 12.3 Å². The smallest absolute Gasteiger partial charge is 0.303 e. The maximum Gasteiger partial charge on any atom is 0.303 e. The zero-order valence-corrected chi connectivity index (χ0v) is 10.1. The third kappa shape index (κ3) is 4.18. The molecule has 0 aromatic carbocycles. The lowest BCUT2D eigenvalue weighted by Crippen LogP contribution is -2.45. The van der Waals surface area contributed by atoms with Crippen LogP contribution >= 0.6 is 0 Å². The summed E-state index contributed by atoms with van der Waals surface area (Å²) in [6.45, 7) is 4.60. The molecule has 0 aromatic rings. The van der Waals surface area contributed by atoms with Crippen molar-refractivity contribution in [2.45, 2.75) is 39.5 Å². The van der Waals surface area contributed by atoms with Crippen LogP contribution < -0.4 is 11.1 Å². The lowest BCUT2D eigenvalue weighted by Gasteiger charge is -2.28. The number of nitrogens with one attached hydrogen (secondary N) is 1. The maximum atomic E-state index is 11.9. The van der Waals surface area contributed by atoms with Crippen molar-refractivity contribution in [1.82, 2.24) is 5.32 Å². The number of carboxylic acid groups (broad SMARTS) is 1. The monoisotopic (exact) mass is 230 g/mol. The second-order valence-electron chi connectivity index (χ2n) is 3.94. The van der Waals surface area contributed by atoms with Crippen LogP contribution in [-0.4, -0.2) is 30.1 Å². The number of nitrogens with two attached hydrogens (primary N) is 1. The highest BCUT2D eigenvalue weighted by molar-refractivity contribution is 5.82. The van der Waals surface area contributed by atoms with E-state index in [0.717, 1.165) is 0 Å². The third-order valence-electron chi connectivity index (χ3n) is 3.08. The molecule has 4 N–H and O–H groups in total. The summed E-state index contributed by atoms with van der Waals surface area (Å²) in [6.07, 6.45) is 1.93. The molecule has 0 bridgehead atoms. The topological polar surface area (TPSA) is 92.4 Å². The Labute approximate surface area is 96.4 Å². The summed E-state index contributed by atoms with van der Waals surface area (Å²) < 4.78 is 0. The summed E-state index contributed by atoms with van der Waals surface area (Å²) in [7, 11) is 0. The second kappa shape index (κ2) is 7.22. The molecule has 1 amide bonds. The van der Waals surface area contributed by atoms with Crippen LogP contribution in [0.5, 0.6) is 0 Å². The molecule has 16 heavy (non-hydrogen) atoms. The van der Waals surface area contributed by atoms with Gasteiger partial charge in [0.25, 0.3) is 0 Å². The molecule has 0 rings (SSSR count). The van der Waals surface area contributed by atoms with E-state index in [9.17, 15) is 9.59 Å². The molecule has 0 fully saturated rings. The molecule has 0 aliphatic rings. The van der Waals surface area contributed by atoms with Gasteiger partial charge in [0.2, 0.25) is 5.91 Å². The van der Waals surface area contributed by atoms with Crippen molar-refractivity contribution in [3.05, 3.63) is 0 Å². The number of carbonyl (C=O) groups is 2. The normalized spacial score (nSPS) is 11.2. The Bertz CT molecular complexity index is 229. The number of carbonyl (C=O) groups excluding carboxylic acids is 1. The molecule has 0 heterocycles. The lowest BCUT2D eigenvalue weighted by molar-refractivity contribution is -0.137. The van der Waals surface area contributed by atoms with Crippen molar-refractivity contribution >= 4 is 11.9 Å². The van der Waals surface area contributed by atoms with Crippen molar-refractivity contribution in [2.75, 3.05) is 13.1 Å². The first kappa shape index (κ1) is 14.9. The van der Waals surface area contributed by atoms with E-state index in [2.05, 4.69) is 5.32 Å². The van der Waals surface area contributed by atoms with Crippen molar-refractivity contribution in [3.8, 4) is 0 Å². The SMILES string of the molecule is CCC(CC)(CN)C(=O)NCCCC(=O)O. The van der Waals surface area contributed by atoms with Gasteiger partial charge in [-0.25, -0.2) is 0 Å². The van der Waals surface area contributed by atoms with E-state index in [1.165, 1.54) is 0 Å². The standard InChI is InChI=1S/C11H22N2O3/c1-3-11(4-2,8-12)10(16)13-7-5-6-9(14)15/h3-8,12H2,1-2H3,(H,13,16)(H,14,15). The molecule has 0 saturated carbocycles. The molecular weight excluding hydrogens is 208 g/mol. The van der Waals surface area contributed by atoms with Gasteiger partial charge >= 0.3 is 5.97 Å². The van der Waals surface area contributed by atoms with Crippen LogP contribution in [0.15, 0.2) is 0 Å². The van der Waals surface area contributed by atoms with Crippen molar-refractivity contribution in [3.63, 3.8) is 0 Å². The van der Waals surface area contributed by atoms with E-state index in [4.69, 9.17) is 10.8 Å². The first-order valence-electron chi connectivity index (χ1n) is 5.72. The van der Waals surface area contributed by atoms with Crippen LogP contribution in [0, 0.1) is 5.41 Å². The van der Waals surface area contributed by atoms with Crippen molar-refractivity contribution < 1.29 is 14.7 Å². The van der Waals surface area contributed by atoms with Gasteiger partial charge in [-0.15, -0.1) is 0 Å². The fraction of sp³-hybridized carbons (Fsp3) is 0.818. The van der Waals surface area contributed by atoms with E-state index < -0.39 is 11.4 Å². The molecule has 0 spiro atoms. The van der Waals surface area contributed by atoms with Gasteiger partial charge in [0, 0.05) is 19.5 Å². The largest absolute Gasteiger partial charge is 0.481 e. The summed E-state index contributed by atoms with van der Waals surface area (Å²) in [5.41, 5.74) is 5.13. The molecule has 5 heteroatoms. The Morgan fingerprint density at radius 2 is 1.88 bits per heavy atom. The summed E-state index contributed by atoms with van der Waals surface area (Å²) in [5.74, 6) is -0.907. The third-order valence-corrected chi connectivity index (χ3v) is 3.08. The van der Waals surface area contributed by atoms with Crippen LogP contribution in [0.1, 0.15) is 39.5 Å². The van der Waals surface area contributed by atoms with Gasteiger partial charge in [0.05, 0.1) is 5.41 Å². The Morgan fingerprint density at radius 3 is 2.25 bits per heavy atom. The molecule has 0 atom stereocenters. The van der Waals surface area contributed by atoms with E-state index >= 15 is 0 Å². The first-order valence-corrected chi connectivity index (χ1v) is 5.72. The second-order valence-corrected chi connectivity index (χ2v) is 3.94. The lowest BCUT2D eigenvalue weighted by atomic mass is 9.81. The molecule has 94 valence electrons. The molecule has 0 aromatic heterocycles. The molecule has 0 saturated heterocycles. The van der Waals surface area contributed by atoms with Gasteiger partial charge < -0.3 is 16.2 Å². The van der Waals surface area contributed by atoms with Gasteiger partial charge in [-0.2, -0.15) is 0 Å². The Kier molecular flexibility index (Phi) is 6.72. The van der Waals surface area contributed by atoms with E-state index in [1.54, 1.807) is 0 Å². The average Bonchev–Trinajstić information content (AvgIpc) is 2.27. The van der Waals surface area contributed by atoms with Gasteiger partial charge in [-0.3, -0.25) is 9.59 Å². The fourth-order valence-corrected chi connectivity index (χ4v) is 1.58. The number of aliphatic carboxylic acids is 1. The van der Waals surface area contributed by atoms with Crippen LogP contribution in [0.25, 0.3) is 0 Å². The summed E-state index contributed by atoms with van der Waals surface area (Å²) in [5, 5.41) is 11.2. The highest BCUT2D eigenvalue weighted by atomic mass is 16.4. The molecule has 0 unspecified atom stereocenters. The van der Waals surface area contributed by atoms with Gasteiger partial charge in [0.1, 0.15) is 0 Å². The first-order chi connectivity index (χ1) is 7.52. The van der Waals surface area contributed by atoms with Crippen LogP contribution in [0.4, 0.5) is 0 Å². The fourth-order valence-electron chi connectivity index (χ4n) is 1.58. The van der Waals surface area contributed by atoms with Crippen LogP contribution in [-0.2, 0) is 9.59 Å². The highest BCUT2D eigenvalue weighted by Crippen LogP contribution is 2.24. The summed E-state index contributed by atoms with van der Waals surface area (Å²) in [6, 6.07) is 0. The predicted octanol–water partition coefficient (Wildman–Crippen LogP) is 0.733. The van der Waals surface area contributed by atoms with E-state index in [0.29, 0.717) is 32.4 Å². The predicted molar refractivity (Wildman–Crippen MR) is 61.9 cm³/mol.